The van der Waals surface area contributed by atoms with Crippen LogP contribution in [0.4, 0.5) is 10.1 Å². The van der Waals surface area contributed by atoms with E-state index < -0.39 is 27.8 Å². The van der Waals surface area contributed by atoms with Gasteiger partial charge in [-0.3, -0.25) is 14.9 Å². The summed E-state index contributed by atoms with van der Waals surface area (Å²) in [6, 6.07) is 2.31. The van der Waals surface area contributed by atoms with Crippen molar-refractivity contribution < 1.29 is 14.1 Å². The highest BCUT2D eigenvalue weighted by Crippen LogP contribution is 2.27. The van der Waals surface area contributed by atoms with Crippen molar-refractivity contribution in [1.82, 2.24) is 0 Å². The van der Waals surface area contributed by atoms with Gasteiger partial charge >= 0.3 is 0 Å². The van der Waals surface area contributed by atoms with Crippen molar-refractivity contribution in [3.8, 4) is 0 Å². The maximum absolute atomic E-state index is 13.1. The molecule has 1 aromatic carbocycles. The van der Waals surface area contributed by atoms with Crippen LogP contribution in [0.5, 0.6) is 0 Å². The Balaban J connectivity index is 3.58. The molecule has 6 heteroatoms. The van der Waals surface area contributed by atoms with E-state index in [1.54, 1.807) is 22.6 Å². The summed E-state index contributed by atoms with van der Waals surface area (Å²) in [5.74, 6) is -1.50. The Labute approximate surface area is 92.4 Å². The van der Waals surface area contributed by atoms with Crippen molar-refractivity contribution >= 4 is 34.1 Å². The number of hydrogen-bond donors (Lipinski definition) is 0. The summed E-state index contributed by atoms with van der Waals surface area (Å²) in [5, 5.41) is 10.6. The molecular formula is C8H5FINO3. The maximum Gasteiger partial charge on any atom is 0.296 e. The lowest BCUT2D eigenvalue weighted by molar-refractivity contribution is -0.386. The number of hydrogen-bond acceptors (Lipinski definition) is 3. The summed E-state index contributed by atoms with van der Waals surface area (Å²) in [5.41, 5.74) is -0.917. The van der Waals surface area contributed by atoms with Gasteiger partial charge in [0.15, 0.2) is 5.78 Å². The Morgan fingerprint density at radius 3 is 2.50 bits per heavy atom. The molecule has 0 radical (unpaired) electrons. The van der Waals surface area contributed by atoms with Crippen molar-refractivity contribution in [1.29, 1.82) is 0 Å². The number of Topliss-reactive ketones (excluding diaryl/α,β-unsaturated/α-hetero) is 1. The van der Waals surface area contributed by atoms with Crippen molar-refractivity contribution in [3.05, 3.63) is 37.2 Å². The van der Waals surface area contributed by atoms with Gasteiger partial charge in [0, 0.05) is 0 Å². The van der Waals surface area contributed by atoms with Crippen molar-refractivity contribution in [2.45, 2.75) is 6.92 Å². The van der Waals surface area contributed by atoms with Gasteiger partial charge < -0.3 is 0 Å². The molecule has 0 aromatic heterocycles. The molecule has 0 aliphatic carbocycles. The lowest BCUT2D eigenvalue weighted by Gasteiger charge is -2.01. The first-order chi connectivity index (χ1) is 6.45. The molecule has 0 aliphatic rings. The molecule has 4 nitrogen and oxygen atoms in total. The van der Waals surface area contributed by atoms with Crippen LogP contribution in [0.3, 0.4) is 0 Å². The van der Waals surface area contributed by atoms with Gasteiger partial charge in [-0.2, -0.15) is 0 Å². The maximum atomic E-state index is 13.1. The Hall–Kier alpha value is -1.05. The normalized spacial score (nSPS) is 9.93. The van der Waals surface area contributed by atoms with Crippen molar-refractivity contribution in [2.75, 3.05) is 0 Å². The number of benzene rings is 1. The van der Waals surface area contributed by atoms with Gasteiger partial charge in [0.2, 0.25) is 0 Å². The minimum atomic E-state index is -0.857. The summed E-state index contributed by atoms with van der Waals surface area (Å²) in [6.45, 7) is 1.10. The highest BCUT2D eigenvalue weighted by atomic mass is 127. The Morgan fingerprint density at radius 1 is 1.57 bits per heavy atom. The predicted molar refractivity (Wildman–Crippen MR) is 55.8 cm³/mol. The molecule has 0 amide bonds. The molecule has 14 heavy (non-hydrogen) atoms. The molecular weight excluding hydrogens is 304 g/mol. The fourth-order valence-corrected chi connectivity index (χ4v) is 1.70. The number of carbonyl (C=O) groups is 1. The first kappa shape index (κ1) is 11.0. The van der Waals surface area contributed by atoms with Crippen molar-refractivity contribution in [2.24, 2.45) is 0 Å². The zero-order chi connectivity index (χ0) is 10.9. The summed E-state index contributed by atoms with van der Waals surface area (Å²) < 4.78 is 13.4. The molecule has 74 valence electrons. The lowest BCUT2D eigenvalue weighted by atomic mass is 10.1. The number of ketones is 1. The number of rotatable bonds is 2. The number of halogens is 2. The minimum absolute atomic E-state index is 0.249. The van der Waals surface area contributed by atoms with Crippen LogP contribution in [-0.4, -0.2) is 10.7 Å². The van der Waals surface area contributed by atoms with Gasteiger partial charge in [-0.05, 0) is 41.6 Å². The van der Waals surface area contributed by atoms with E-state index in [4.69, 9.17) is 0 Å². The molecule has 0 N–H and O–H groups in total. The van der Waals surface area contributed by atoms with E-state index in [2.05, 4.69) is 0 Å². The zero-order valence-corrected chi connectivity index (χ0v) is 9.24. The zero-order valence-electron chi connectivity index (χ0n) is 7.08. The Kier molecular flexibility index (Phi) is 3.14. The summed E-state index contributed by atoms with van der Waals surface area (Å²) in [7, 11) is 0. The molecule has 0 spiro atoms. The highest BCUT2D eigenvalue weighted by molar-refractivity contribution is 14.1. The molecule has 0 heterocycles. The van der Waals surface area contributed by atoms with Gasteiger partial charge in [-0.25, -0.2) is 4.39 Å². The van der Waals surface area contributed by atoms with Gasteiger partial charge in [0.05, 0.1) is 8.49 Å². The number of nitrogens with zero attached hydrogens (tertiary/aromatic N) is 1. The molecule has 0 aliphatic heterocycles. The third-order valence-electron chi connectivity index (χ3n) is 1.61. The molecule has 0 atom stereocenters. The topological polar surface area (TPSA) is 60.2 Å². The van der Waals surface area contributed by atoms with Crippen LogP contribution < -0.4 is 0 Å². The van der Waals surface area contributed by atoms with E-state index >= 15 is 0 Å². The molecule has 0 fully saturated rings. The van der Waals surface area contributed by atoms with Crippen LogP contribution in [-0.2, 0) is 0 Å². The standard InChI is InChI=1S/C8H5FINO3/c1-4(12)7-5(9)2-3-6(10)8(7)11(13)14/h2-3H,1H3. The largest absolute Gasteiger partial charge is 0.296 e. The second-order valence-corrected chi connectivity index (χ2v) is 3.73. The van der Waals surface area contributed by atoms with E-state index in [1.165, 1.54) is 6.07 Å². The van der Waals surface area contributed by atoms with E-state index in [0.29, 0.717) is 0 Å². The molecule has 1 rings (SSSR count). The van der Waals surface area contributed by atoms with Crippen LogP contribution in [0.15, 0.2) is 12.1 Å². The van der Waals surface area contributed by atoms with Gasteiger partial charge in [-0.15, -0.1) is 0 Å². The van der Waals surface area contributed by atoms with E-state index in [0.717, 1.165) is 13.0 Å². The Bertz CT molecular complexity index is 380. The van der Waals surface area contributed by atoms with Crippen LogP contribution in [0.2, 0.25) is 0 Å². The van der Waals surface area contributed by atoms with Crippen LogP contribution >= 0.6 is 22.6 Å². The van der Waals surface area contributed by atoms with Gasteiger partial charge in [-0.1, -0.05) is 0 Å². The van der Waals surface area contributed by atoms with E-state index in [1.807, 2.05) is 0 Å². The first-order valence-electron chi connectivity index (χ1n) is 3.58. The fourth-order valence-electron chi connectivity index (χ4n) is 1.05. The van der Waals surface area contributed by atoms with E-state index in [-0.39, 0.29) is 3.57 Å². The summed E-state index contributed by atoms with van der Waals surface area (Å²) >= 11 is 1.69. The molecule has 1 aromatic rings. The minimum Gasteiger partial charge on any atom is -0.294 e. The van der Waals surface area contributed by atoms with Gasteiger partial charge in [0.1, 0.15) is 11.4 Å². The predicted octanol–water partition coefficient (Wildman–Crippen LogP) is 2.54. The third-order valence-corrected chi connectivity index (χ3v) is 2.48. The highest BCUT2D eigenvalue weighted by Gasteiger charge is 2.25. The number of carbonyl (C=O) groups excluding carboxylic acids is 1. The third kappa shape index (κ3) is 1.89. The second-order valence-electron chi connectivity index (χ2n) is 2.57. The fraction of sp³-hybridized carbons (Fsp3) is 0.125. The SMILES string of the molecule is CC(=O)c1c(F)ccc(I)c1[N+](=O)[O-]. The summed E-state index contributed by atoms with van der Waals surface area (Å²) in [6.07, 6.45) is 0. The average Bonchev–Trinajstić information content (AvgIpc) is 2.07. The van der Waals surface area contributed by atoms with Crippen LogP contribution in [0.1, 0.15) is 17.3 Å². The second kappa shape index (κ2) is 3.99. The van der Waals surface area contributed by atoms with E-state index in [9.17, 15) is 19.3 Å². The molecule has 0 saturated carbocycles. The Morgan fingerprint density at radius 2 is 2.14 bits per heavy atom. The average molecular weight is 309 g/mol. The monoisotopic (exact) mass is 309 g/mol. The number of nitro groups is 1. The molecule has 0 unspecified atom stereocenters. The molecule has 0 saturated heterocycles. The molecule has 0 bridgehead atoms. The first-order valence-corrected chi connectivity index (χ1v) is 4.66. The van der Waals surface area contributed by atoms with Crippen LogP contribution in [0, 0.1) is 19.5 Å². The lowest BCUT2D eigenvalue weighted by Crippen LogP contribution is -2.05. The smallest absolute Gasteiger partial charge is 0.294 e. The van der Waals surface area contributed by atoms with Gasteiger partial charge in [0.25, 0.3) is 5.69 Å². The quantitative estimate of drug-likeness (QED) is 0.365. The number of nitro benzene ring substituents is 1. The summed E-state index contributed by atoms with van der Waals surface area (Å²) in [4.78, 5) is 20.8. The van der Waals surface area contributed by atoms with Crippen LogP contribution in [0.25, 0.3) is 0 Å². The van der Waals surface area contributed by atoms with Crippen molar-refractivity contribution in [3.63, 3.8) is 0 Å².